The number of hydrogen-bond donors (Lipinski definition) is 2. The fourth-order valence-corrected chi connectivity index (χ4v) is 3.59. The van der Waals surface area contributed by atoms with E-state index < -0.39 is 35.5 Å². The molecule has 2 atom stereocenters. The van der Waals surface area contributed by atoms with Gasteiger partial charge in [0.05, 0.1) is 11.1 Å². The number of allylic oxidation sites excluding steroid dienone is 2. The minimum atomic E-state index is -0.673. The molecule has 0 fully saturated rings. The molecule has 0 heterocycles. The van der Waals surface area contributed by atoms with Crippen LogP contribution >= 0.6 is 0 Å². The molecule has 2 aromatic carbocycles. The number of nitrogens with one attached hydrogen (secondary N) is 2. The Kier molecular flexibility index (Phi) is 9.14. The average molecular weight is 493 g/mol. The maximum absolute atomic E-state index is 12.6. The minimum absolute atomic E-state index is 0.593. The van der Waals surface area contributed by atoms with Crippen LogP contribution in [0.15, 0.2) is 61.7 Å². The first-order valence-corrected chi connectivity index (χ1v) is 12.1. The molecule has 6 heteroatoms. The van der Waals surface area contributed by atoms with Gasteiger partial charge in [-0.2, -0.15) is 0 Å². The number of amides is 2. The van der Waals surface area contributed by atoms with Crippen LogP contribution in [0, 0.1) is 0 Å². The SMILES string of the molecule is C=C(C)c1ccc(C(C)(C)NC(=O)OC(C)C(C)OC(=O)NC(C)(C)c2cccc(C(=C)C)c2)cc1. The lowest BCUT2D eigenvalue weighted by Crippen LogP contribution is -2.46. The van der Waals surface area contributed by atoms with Crippen molar-refractivity contribution in [3.63, 3.8) is 0 Å². The molecule has 0 saturated heterocycles. The lowest BCUT2D eigenvalue weighted by Gasteiger charge is -2.30. The van der Waals surface area contributed by atoms with Crippen molar-refractivity contribution in [3.8, 4) is 0 Å². The van der Waals surface area contributed by atoms with Crippen LogP contribution in [0.1, 0.15) is 77.6 Å². The Morgan fingerprint density at radius 2 is 1.17 bits per heavy atom. The summed E-state index contributed by atoms with van der Waals surface area (Å²) in [4.78, 5) is 25.2. The third-order valence-electron chi connectivity index (χ3n) is 6.25. The molecule has 6 nitrogen and oxygen atoms in total. The molecule has 0 spiro atoms. The number of benzene rings is 2. The van der Waals surface area contributed by atoms with Crippen LogP contribution in [0.25, 0.3) is 11.1 Å². The summed E-state index contributed by atoms with van der Waals surface area (Å²) in [6, 6.07) is 15.7. The molecular formula is C30H40N2O4. The number of carbonyl (C=O) groups is 2. The van der Waals surface area contributed by atoms with Crippen molar-refractivity contribution in [2.45, 2.75) is 78.7 Å². The summed E-state index contributed by atoms with van der Waals surface area (Å²) >= 11 is 0. The predicted octanol–water partition coefficient (Wildman–Crippen LogP) is 7.15. The van der Waals surface area contributed by atoms with Gasteiger partial charge >= 0.3 is 12.2 Å². The second kappa shape index (κ2) is 11.5. The van der Waals surface area contributed by atoms with Gasteiger partial charge < -0.3 is 20.1 Å². The summed E-state index contributed by atoms with van der Waals surface area (Å²) in [5.74, 6) is 0. The molecule has 2 amide bonds. The van der Waals surface area contributed by atoms with E-state index in [2.05, 4.69) is 23.8 Å². The maximum atomic E-state index is 12.6. The van der Waals surface area contributed by atoms with Crippen molar-refractivity contribution < 1.29 is 19.1 Å². The van der Waals surface area contributed by atoms with Crippen LogP contribution in [0.3, 0.4) is 0 Å². The second-order valence-corrected chi connectivity index (χ2v) is 10.4. The third-order valence-corrected chi connectivity index (χ3v) is 6.25. The number of ether oxygens (including phenoxy) is 2. The standard InChI is InChI=1S/C30H40N2O4/c1-19(2)23-14-16-25(17-15-23)29(7,8)31-27(33)35-21(5)22(6)36-28(34)32-30(9,10)26-13-11-12-24(18-26)20(3)4/h11-18,21-22H,1,3H2,2,4-10H3,(H,31,33)(H,32,34). The Hall–Kier alpha value is -3.54. The predicted molar refractivity (Wildman–Crippen MR) is 147 cm³/mol. The van der Waals surface area contributed by atoms with Crippen LogP contribution in [0.5, 0.6) is 0 Å². The van der Waals surface area contributed by atoms with Crippen LogP contribution in [-0.2, 0) is 20.6 Å². The lowest BCUT2D eigenvalue weighted by atomic mass is 9.92. The zero-order valence-electron chi connectivity index (χ0n) is 22.8. The van der Waals surface area contributed by atoms with E-state index in [-0.39, 0.29) is 0 Å². The van der Waals surface area contributed by atoms with Gasteiger partial charge in [0.15, 0.2) is 0 Å². The zero-order chi connectivity index (χ0) is 27.3. The monoisotopic (exact) mass is 492 g/mol. The molecule has 0 aliphatic carbocycles. The van der Waals surface area contributed by atoms with Crippen molar-refractivity contribution in [2.75, 3.05) is 0 Å². The van der Waals surface area contributed by atoms with Gasteiger partial charge in [-0.15, -0.1) is 0 Å². The summed E-state index contributed by atoms with van der Waals surface area (Å²) in [6.45, 7) is 22.8. The first kappa shape index (κ1) is 28.7. The van der Waals surface area contributed by atoms with Crippen LogP contribution < -0.4 is 10.6 Å². The molecule has 2 rings (SSSR count). The molecule has 0 aliphatic rings. The first-order chi connectivity index (χ1) is 16.6. The highest BCUT2D eigenvalue weighted by atomic mass is 16.6. The zero-order valence-corrected chi connectivity index (χ0v) is 22.8. The number of rotatable bonds is 9. The van der Waals surface area contributed by atoms with Crippen LogP contribution in [0.4, 0.5) is 9.59 Å². The van der Waals surface area contributed by atoms with Crippen molar-refractivity contribution in [3.05, 3.63) is 83.9 Å². The Balaban J connectivity index is 1.94. The largest absolute Gasteiger partial charge is 0.443 e. The van der Waals surface area contributed by atoms with Crippen molar-refractivity contribution >= 4 is 23.3 Å². The molecule has 2 aromatic rings. The molecule has 0 radical (unpaired) electrons. The minimum Gasteiger partial charge on any atom is -0.443 e. The van der Waals surface area contributed by atoms with Crippen LogP contribution in [-0.4, -0.2) is 24.4 Å². The van der Waals surface area contributed by atoms with Crippen molar-refractivity contribution in [1.82, 2.24) is 10.6 Å². The van der Waals surface area contributed by atoms with E-state index in [1.54, 1.807) is 13.8 Å². The first-order valence-electron chi connectivity index (χ1n) is 12.1. The normalized spacial score (nSPS) is 13.2. The van der Waals surface area contributed by atoms with Gasteiger partial charge in [0.1, 0.15) is 12.2 Å². The highest BCUT2D eigenvalue weighted by Crippen LogP contribution is 2.25. The highest BCUT2D eigenvalue weighted by molar-refractivity contribution is 5.70. The third kappa shape index (κ3) is 7.74. The van der Waals surface area contributed by atoms with Gasteiger partial charge in [0.25, 0.3) is 0 Å². The van der Waals surface area contributed by atoms with Crippen molar-refractivity contribution in [2.24, 2.45) is 0 Å². The van der Waals surface area contributed by atoms with E-state index in [9.17, 15) is 9.59 Å². The molecule has 2 N–H and O–H groups in total. The van der Waals surface area contributed by atoms with E-state index in [1.807, 2.05) is 90.1 Å². The highest BCUT2D eigenvalue weighted by Gasteiger charge is 2.29. The van der Waals surface area contributed by atoms with Crippen molar-refractivity contribution in [1.29, 1.82) is 0 Å². The van der Waals surface area contributed by atoms with Crippen LogP contribution in [0.2, 0.25) is 0 Å². The van der Waals surface area contributed by atoms with E-state index in [4.69, 9.17) is 9.47 Å². The van der Waals surface area contributed by atoms with Gasteiger partial charge in [-0.1, -0.05) is 66.8 Å². The molecule has 0 aromatic heterocycles. The average Bonchev–Trinajstić information content (AvgIpc) is 2.78. The fourth-order valence-electron chi connectivity index (χ4n) is 3.59. The molecule has 0 saturated carbocycles. The summed E-state index contributed by atoms with van der Waals surface area (Å²) in [7, 11) is 0. The van der Waals surface area contributed by atoms with E-state index >= 15 is 0 Å². The van der Waals surface area contributed by atoms with Gasteiger partial charge in [-0.25, -0.2) is 9.59 Å². The summed E-state index contributed by atoms with van der Waals surface area (Å²) in [6.07, 6.45) is -2.51. The Bertz CT molecular complexity index is 1120. The van der Waals surface area contributed by atoms with Gasteiger partial charge in [-0.05, 0) is 83.7 Å². The molecule has 194 valence electrons. The number of alkyl carbamates (subject to hydrolysis) is 2. The number of hydrogen-bond acceptors (Lipinski definition) is 4. The smallest absolute Gasteiger partial charge is 0.408 e. The van der Waals surface area contributed by atoms with Gasteiger partial charge in [0.2, 0.25) is 0 Å². The summed E-state index contributed by atoms with van der Waals surface area (Å²) < 4.78 is 11.0. The summed E-state index contributed by atoms with van der Waals surface area (Å²) in [5, 5.41) is 5.78. The van der Waals surface area contributed by atoms with E-state index in [0.717, 1.165) is 33.4 Å². The molecule has 0 aliphatic heterocycles. The molecule has 36 heavy (non-hydrogen) atoms. The topological polar surface area (TPSA) is 76.7 Å². The second-order valence-electron chi connectivity index (χ2n) is 10.4. The molecule has 0 bridgehead atoms. The van der Waals surface area contributed by atoms with Gasteiger partial charge in [0, 0.05) is 0 Å². The molecule has 2 unspecified atom stereocenters. The Labute approximate surface area is 215 Å². The lowest BCUT2D eigenvalue weighted by molar-refractivity contribution is 0.00340. The summed E-state index contributed by atoms with van der Waals surface area (Å²) in [5.41, 5.74) is 4.49. The number of carbonyl (C=O) groups excluding carboxylic acids is 2. The van der Waals surface area contributed by atoms with Gasteiger partial charge in [-0.3, -0.25) is 0 Å². The molecular weight excluding hydrogens is 452 g/mol. The Morgan fingerprint density at radius 3 is 1.61 bits per heavy atom. The Morgan fingerprint density at radius 1 is 0.722 bits per heavy atom. The quantitative estimate of drug-likeness (QED) is 0.390. The fraction of sp³-hybridized carbons (Fsp3) is 0.400. The van der Waals surface area contributed by atoms with E-state index in [0.29, 0.717) is 0 Å². The van der Waals surface area contributed by atoms with E-state index in [1.165, 1.54) is 0 Å². The maximum Gasteiger partial charge on any atom is 0.408 e.